The highest BCUT2D eigenvalue weighted by atomic mass is 19.4. The summed E-state index contributed by atoms with van der Waals surface area (Å²) in [4.78, 5) is 32.5. The van der Waals surface area contributed by atoms with Crippen LogP contribution in [0, 0.1) is 5.82 Å². The Hall–Kier alpha value is -3.81. The summed E-state index contributed by atoms with van der Waals surface area (Å²) in [6, 6.07) is 5.26. The van der Waals surface area contributed by atoms with Gasteiger partial charge in [0.2, 0.25) is 0 Å². The maximum absolute atomic E-state index is 16.6. The fourth-order valence-electron chi connectivity index (χ4n) is 7.97. The van der Waals surface area contributed by atoms with Crippen LogP contribution in [-0.4, -0.2) is 99.2 Å². The highest BCUT2D eigenvalue weighted by Crippen LogP contribution is 2.42. The predicted octanol–water partition coefficient (Wildman–Crippen LogP) is 6.48. The molecular formula is C34H39F5N6O3. The molecule has 7 rings (SSSR count). The van der Waals surface area contributed by atoms with Gasteiger partial charge in [0.05, 0.1) is 29.4 Å². The van der Waals surface area contributed by atoms with Gasteiger partial charge in [-0.2, -0.15) is 23.1 Å². The van der Waals surface area contributed by atoms with Crippen molar-refractivity contribution in [2.45, 2.75) is 94.9 Å². The molecule has 1 amide bonds. The van der Waals surface area contributed by atoms with Crippen molar-refractivity contribution in [2.24, 2.45) is 0 Å². The topological polar surface area (TPSA) is 83.9 Å². The van der Waals surface area contributed by atoms with E-state index in [-0.39, 0.29) is 58.5 Å². The zero-order valence-corrected chi connectivity index (χ0v) is 27.2. The number of alkyl halides is 4. The van der Waals surface area contributed by atoms with Gasteiger partial charge < -0.3 is 14.4 Å². The number of piperazine rings is 1. The van der Waals surface area contributed by atoms with Gasteiger partial charge in [0, 0.05) is 37.8 Å². The molecule has 4 atom stereocenters. The van der Waals surface area contributed by atoms with Crippen LogP contribution in [0.15, 0.2) is 30.5 Å². The summed E-state index contributed by atoms with van der Waals surface area (Å²) in [7, 11) is 0. The van der Waals surface area contributed by atoms with Crippen LogP contribution < -0.4 is 9.64 Å². The number of aromatic nitrogens is 3. The van der Waals surface area contributed by atoms with Crippen molar-refractivity contribution in [3.63, 3.8) is 0 Å². The van der Waals surface area contributed by atoms with E-state index in [1.165, 1.54) is 30.5 Å². The molecule has 0 aliphatic carbocycles. The van der Waals surface area contributed by atoms with Crippen molar-refractivity contribution >= 4 is 22.8 Å². The molecule has 2 unspecified atom stereocenters. The zero-order valence-electron chi connectivity index (χ0n) is 27.2. The number of halogens is 5. The molecule has 0 N–H and O–H groups in total. The number of hydrogen-bond acceptors (Lipinski definition) is 8. The number of carbonyl (C=O) groups excluding carboxylic acids is 1. The molecule has 4 saturated heterocycles. The Morgan fingerprint density at radius 1 is 1.06 bits per heavy atom. The SMILES string of the molecule is CC(C)(C)OC(=O)N1[C@@H]2CC[C@H]1CN(c1nc(OCC34CCCN3CC(F)C4)nc3c(F)c(-c4ccccc4CC(F)(F)F)ncc13)C2. The smallest absolute Gasteiger partial charge is 0.410 e. The molecule has 2 bridgehead atoms. The van der Waals surface area contributed by atoms with E-state index < -0.39 is 35.7 Å². The van der Waals surface area contributed by atoms with Crippen LogP contribution in [-0.2, 0) is 11.2 Å². The second kappa shape index (κ2) is 12.0. The number of rotatable bonds is 6. The number of carbonyl (C=O) groups is 1. The van der Waals surface area contributed by atoms with E-state index >= 15 is 4.39 Å². The van der Waals surface area contributed by atoms with Gasteiger partial charge >= 0.3 is 18.3 Å². The van der Waals surface area contributed by atoms with Crippen molar-refractivity contribution < 1.29 is 36.2 Å². The Kier molecular flexibility index (Phi) is 8.15. The zero-order chi connectivity index (χ0) is 34.0. The van der Waals surface area contributed by atoms with Gasteiger partial charge in [-0.25, -0.2) is 13.6 Å². The van der Waals surface area contributed by atoms with Crippen LogP contribution in [0.1, 0.15) is 58.4 Å². The van der Waals surface area contributed by atoms with Crippen LogP contribution in [0.4, 0.5) is 32.6 Å². The second-order valence-corrected chi connectivity index (χ2v) is 14.5. The summed E-state index contributed by atoms with van der Waals surface area (Å²) in [6.07, 6.45) is -2.23. The molecule has 3 aromatic rings. The molecular weight excluding hydrogens is 635 g/mol. The van der Waals surface area contributed by atoms with E-state index in [1.54, 1.807) is 4.90 Å². The second-order valence-electron chi connectivity index (χ2n) is 14.5. The van der Waals surface area contributed by atoms with Crippen molar-refractivity contribution in [2.75, 3.05) is 37.7 Å². The van der Waals surface area contributed by atoms with E-state index in [4.69, 9.17) is 14.5 Å². The first-order valence-corrected chi connectivity index (χ1v) is 16.5. The van der Waals surface area contributed by atoms with Crippen LogP contribution in [0.3, 0.4) is 0 Å². The first kappa shape index (κ1) is 32.7. The molecule has 0 saturated carbocycles. The monoisotopic (exact) mass is 674 g/mol. The summed E-state index contributed by atoms with van der Waals surface area (Å²) < 4.78 is 83.2. The predicted molar refractivity (Wildman–Crippen MR) is 168 cm³/mol. The van der Waals surface area contributed by atoms with Gasteiger partial charge in [-0.1, -0.05) is 24.3 Å². The van der Waals surface area contributed by atoms with E-state index in [0.29, 0.717) is 31.9 Å². The average Bonchev–Trinajstić information content (AvgIpc) is 3.62. The number of hydrogen-bond donors (Lipinski definition) is 0. The number of pyridine rings is 1. The molecule has 1 aromatic carbocycles. The Morgan fingerprint density at radius 2 is 1.79 bits per heavy atom. The molecule has 4 aliphatic heterocycles. The average molecular weight is 675 g/mol. The highest BCUT2D eigenvalue weighted by Gasteiger charge is 2.50. The van der Waals surface area contributed by atoms with Gasteiger partial charge in [-0.15, -0.1) is 0 Å². The molecule has 9 nitrogen and oxygen atoms in total. The standard InChI is InChI=1S/C34H39F5N6O3/c1-32(2,3)48-31(46)45-22-9-10-23(45)18-43(17-22)29-25-15-40-27(24-8-5-4-7-20(24)13-34(37,38)39)26(36)28(25)41-30(42-29)47-19-33-11-6-12-44(33)16-21(35)14-33/h4-5,7-8,15,21-23H,6,9-14,16-19H2,1-3H3/t21?,22-,23+,33?. The molecule has 14 heteroatoms. The third-order valence-corrected chi connectivity index (χ3v) is 9.92. The lowest BCUT2D eigenvalue weighted by Gasteiger charge is -2.42. The lowest BCUT2D eigenvalue weighted by molar-refractivity contribution is -0.127. The van der Waals surface area contributed by atoms with E-state index in [1.807, 2.05) is 25.7 Å². The number of fused-ring (bicyclic) bond motifs is 4. The first-order valence-electron chi connectivity index (χ1n) is 16.5. The number of nitrogens with zero attached hydrogens (tertiary/aromatic N) is 6. The fraction of sp³-hybridized carbons (Fsp3) is 0.588. The Bertz CT molecular complexity index is 1700. The Morgan fingerprint density at radius 3 is 2.50 bits per heavy atom. The highest BCUT2D eigenvalue weighted by molar-refractivity contribution is 5.92. The minimum Gasteiger partial charge on any atom is -0.461 e. The summed E-state index contributed by atoms with van der Waals surface area (Å²) in [5, 5.41) is 0.271. The van der Waals surface area contributed by atoms with Gasteiger partial charge in [-0.3, -0.25) is 14.8 Å². The maximum Gasteiger partial charge on any atom is 0.410 e. The van der Waals surface area contributed by atoms with Crippen molar-refractivity contribution in [1.82, 2.24) is 24.8 Å². The summed E-state index contributed by atoms with van der Waals surface area (Å²) >= 11 is 0. The Labute approximate surface area is 275 Å². The number of amides is 1. The molecule has 258 valence electrons. The molecule has 48 heavy (non-hydrogen) atoms. The van der Waals surface area contributed by atoms with Crippen molar-refractivity contribution in [3.8, 4) is 17.3 Å². The summed E-state index contributed by atoms with van der Waals surface area (Å²) in [6.45, 7) is 7.44. The van der Waals surface area contributed by atoms with Crippen LogP contribution in [0.25, 0.3) is 22.2 Å². The first-order chi connectivity index (χ1) is 22.7. The third-order valence-electron chi connectivity index (χ3n) is 9.92. The molecule has 6 heterocycles. The van der Waals surface area contributed by atoms with E-state index in [2.05, 4.69) is 14.9 Å². The molecule has 4 fully saturated rings. The van der Waals surface area contributed by atoms with Crippen LogP contribution in [0.5, 0.6) is 6.01 Å². The maximum atomic E-state index is 16.6. The Balaban J connectivity index is 1.27. The van der Waals surface area contributed by atoms with Gasteiger partial charge in [0.15, 0.2) is 5.82 Å². The number of anilines is 1. The quantitative estimate of drug-likeness (QED) is 0.275. The van der Waals surface area contributed by atoms with Crippen molar-refractivity contribution in [3.05, 3.63) is 41.8 Å². The van der Waals surface area contributed by atoms with Gasteiger partial charge in [0.1, 0.15) is 35.4 Å². The summed E-state index contributed by atoms with van der Waals surface area (Å²) in [5.74, 6) is -0.538. The lowest BCUT2D eigenvalue weighted by Crippen LogP contribution is -2.57. The van der Waals surface area contributed by atoms with E-state index in [0.717, 1.165) is 32.2 Å². The molecule has 0 radical (unpaired) electrons. The number of benzene rings is 1. The largest absolute Gasteiger partial charge is 0.461 e. The molecule has 2 aromatic heterocycles. The van der Waals surface area contributed by atoms with Crippen LogP contribution in [0.2, 0.25) is 0 Å². The minimum absolute atomic E-state index is 0.0151. The third kappa shape index (κ3) is 6.23. The van der Waals surface area contributed by atoms with Crippen LogP contribution >= 0.6 is 0 Å². The van der Waals surface area contributed by atoms with E-state index in [9.17, 15) is 22.4 Å². The van der Waals surface area contributed by atoms with Gasteiger partial charge in [-0.05, 0) is 58.6 Å². The summed E-state index contributed by atoms with van der Waals surface area (Å²) in [5.41, 5.74) is -1.66. The van der Waals surface area contributed by atoms with Crippen molar-refractivity contribution in [1.29, 1.82) is 0 Å². The fourth-order valence-corrected chi connectivity index (χ4v) is 7.97. The number of ether oxygens (including phenoxy) is 2. The normalized spacial score (nSPS) is 26.0. The molecule has 4 aliphatic rings. The van der Waals surface area contributed by atoms with Gasteiger partial charge in [0.25, 0.3) is 0 Å². The molecule has 0 spiro atoms. The minimum atomic E-state index is -4.51. The lowest BCUT2D eigenvalue weighted by atomic mass is 9.95.